The zero-order valence-electron chi connectivity index (χ0n) is 7.78. The van der Waals surface area contributed by atoms with Gasteiger partial charge in [-0.2, -0.15) is 0 Å². The summed E-state index contributed by atoms with van der Waals surface area (Å²) in [4.78, 5) is 12.4. The number of rotatable bonds is 4. The van der Waals surface area contributed by atoms with Crippen molar-refractivity contribution in [3.05, 3.63) is 0 Å². The third-order valence-corrected chi connectivity index (χ3v) is 2.50. The Labute approximate surface area is 78.2 Å². The van der Waals surface area contributed by atoms with Crippen molar-refractivity contribution in [1.82, 2.24) is 4.90 Å². The molecular weight excluding hydrogens is 170 g/mol. The fourth-order valence-corrected chi connectivity index (χ4v) is 1.76. The SMILES string of the molecule is O=C(O)CCN1CCCC(CO)C1. The molecule has 0 aliphatic carbocycles. The molecule has 0 aromatic rings. The minimum Gasteiger partial charge on any atom is -0.481 e. The number of carboxylic acid groups (broad SMARTS) is 1. The fourth-order valence-electron chi connectivity index (χ4n) is 1.76. The highest BCUT2D eigenvalue weighted by molar-refractivity contribution is 5.66. The first kappa shape index (κ1) is 10.5. The van der Waals surface area contributed by atoms with Gasteiger partial charge in [0.15, 0.2) is 0 Å². The van der Waals surface area contributed by atoms with Gasteiger partial charge in [-0.15, -0.1) is 0 Å². The Kier molecular flexibility index (Phi) is 4.18. The van der Waals surface area contributed by atoms with E-state index in [0.717, 1.165) is 25.9 Å². The van der Waals surface area contributed by atoms with Crippen LogP contribution in [0.1, 0.15) is 19.3 Å². The van der Waals surface area contributed by atoms with Gasteiger partial charge in [0, 0.05) is 19.7 Å². The largest absolute Gasteiger partial charge is 0.481 e. The van der Waals surface area contributed by atoms with Gasteiger partial charge in [0.05, 0.1) is 6.42 Å². The van der Waals surface area contributed by atoms with Crippen LogP contribution in [0.4, 0.5) is 0 Å². The number of carboxylic acids is 1. The quantitative estimate of drug-likeness (QED) is 0.658. The van der Waals surface area contributed by atoms with E-state index in [1.165, 1.54) is 0 Å². The molecule has 2 N–H and O–H groups in total. The fraction of sp³-hybridized carbons (Fsp3) is 0.889. The second-order valence-electron chi connectivity index (χ2n) is 3.64. The van der Waals surface area contributed by atoms with Crippen LogP contribution in [0.15, 0.2) is 0 Å². The Morgan fingerprint density at radius 1 is 1.54 bits per heavy atom. The van der Waals surface area contributed by atoms with Crippen LogP contribution in [0.5, 0.6) is 0 Å². The van der Waals surface area contributed by atoms with E-state index in [0.29, 0.717) is 12.5 Å². The number of aliphatic hydroxyl groups excluding tert-OH is 1. The number of likely N-dealkylation sites (tertiary alicyclic amines) is 1. The molecule has 0 spiro atoms. The second-order valence-corrected chi connectivity index (χ2v) is 3.64. The number of carbonyl (C=O) groups is 1. The Bertz CT molecular complexity index is 172. The van der Waals surface area contributed by atoms with Crippen LogP contribution in [0.25, 0.3) is 0 Å². The van der Waals surface area contributed by atoms with Crippen molar-refractivity contribution in [3.8, 4) is 0 Å². The molecule has 0 aromatic carbocycles. The molecule has 0 aromatic heterocycles. The van der Waals surface area contributed by atoms with Crippen LogP contribution in [0.2, 0.25) is 0 Å². The molecule has 1 rings (SSSR count). The van der Waals surface area contributed by atoms with E-state index in [1.807, 2.05) is 0 Å². The van der Waals surface area contributed by atoms with Gasteiger partial charge in [0.2, 0.25) is 0 Å². The molecule has 1 atom stereocenters. The van der Waals surface area contributed by atoms with Crippen LogP contribution in [-0.4, -0.2) is 47.3 Å². The monoisotopic (exact) mass is 187 g/mol. The molecule has 1 aliphatic rings. The Hall–Kier alpha value is -0.610. The molecule has 13 heavy (non-hydrogen) atoms. The Morgan fingerprint density at radius 2 is 2.31 bits per heavy atom. The van der Waals surface area contributed by atoms with Crippen LogP contribution in [-0.2, 0) is 4.79 Å². The molecule has 1 heterocycles. The zero-order chi connectivity index (χ0) is 9.68. The maximum absolute atomic E-state index is 10.3. The molecule has 1 unspecified atom stereocenters. The molecule has 0 radical (unpaired) electrons. The summed E-state index contributed by atoms with van der Waals surface area (Å²) in [6.45, 7) is 2.67. The van der Waals surface area contributed by atoms with Crippen molar-refractivity contribution in [2.24, 2.45) is 5.92 Å². The van der Waals surface area contributed by atoms with E-state index in [4.69, 9.17) is 10.2 Å². The topological polar surface area (TPSA) is 60.8 Å². The van der Waals surface area contributed by atoms with Gasteiger partial charge in [-0.25, -0.2) is 0 Å². The Morgan fingerprint density at radius 3 is 2.92 bits per heavy atom. The van der Waals surface area contributed by atoms with Gasteiger partial charge in [-0.05, 0) is 25.3 Å². The van der Waals surface area contributed by atoms with Gasteiger partial charge >= 0.3 is 5.97 Å². The third kappa shape index (κ3) is 3.74. The molecule has 0 saturated carbocycles. The van der Waals surface area contributed by atoms with Crippen molar-refractivity contribution in [1.29, 1.82) is 0 Å². The average Bonchev–Trinajstić information content (AvgIpc) is 2.15. The highest BCUT2D eigenvalue weighted by atomic mass is 16.4. The molecule has 1 aliphatic heterocycles. The van der Waals surface area contributed by atoms with E-state index in [1.54, 1.807) is 0 Å². The maximum atomic E-state index is 10.3. The minimum atomic E-state index is -0.744. The number of aliphatic carboxylic acids is 1. The molecule has 1 saturated heterocycles. The number of hydrogen-bond acceptors (Lipinski definition) is 3. The number of piperidine rings is 1. The summed E-state index contributed by atoms with van der Waals surface area (Å²) in [6, 6.07) is 0. The number of aliphatic hydroxyl groups is 1. The maximum Gasteiger partial charge on any atom is 0.304 e. The molecule has 4 nitrogen and oxygen atoms in total. The first-order valence-electron chi connectivity index (χ1n) is 4.77. The molecule has 0 amide bonds. The number of hydrogen-bond donors (Lipinski definition) is 2. The lowest BCUT2D eigenvalue weighted by atomic mass is 9.99. The van der Waals surface area contributed by atoms with E-state index in [9.17, 15) is 4.79 Å². The third-order valence-electron chi connectivity index (χ3n) is 2.50. The molecule has 0 bridgehead atoms. The molecule has 4 heteroatoms. The lowest BCUT2D eigenvalue weighted by Crippen LogP contribution is -2.37. The van der Waals surface area contributed by atoms with Crippen molar-refractivity contribution >= 4 is 5.97 Å². The van der Waals surface area contributed by atoms with E-state index in [-0.39, 0.29) is 13.0 Å². The van der Waals surface area contributed by atoms with Crippen LogP contribution in [0, 0.1) is 5.92 Å². The van der Waals surface area contributed by atoms with Crippen molar-refractivity contribution in [3.63, 3.8) is 0 Å². The summed E-state index contributed by atoms with van der Waals surface area (Å²) < 4.78 is 0. The first-order chi connectivity index (χ1) is 6.22. The van der Waals surface area contributed by atoms with Crippen molar-refractivity contribution in [2.75, 3.05) is 26.2 Å². The summed E-state index contributed by atoms with van der Waals surface area (Å²) in [6.07, 6.45) is 2.35. The highest BCUT2D eigenvalue weighted by Gasteiger charge is 2.19. The van der Waals surface area contributed by atoms with Gasteiger partial charge in [-0.3, -0.25) is 4.79 Å². The molecule has 1 fully saturated rings. The van der Waals surface area contributed by atoms with E-state index < -0.39 is 5.97 Å². The van der Waals surface area contributed by atoms with Gasteiger partial charge in [0.1, 0.15) is 0 Å². The van der Waals surface area contributed by atoms with Crippen molar-refractivity contribution in [2.45, 2.75) is 19.3 Å². The first-order valence-corrected chi connectivity index (χ1v) is 4.77. The standard InChI is InChI=1S/C9H17NO3/c11-7-8-2-1-4-10(6-8)5-3-9(12)13/h8,11H,1-7H2,(H,12,13). The zero-order valence-corrected chi connectivity index (χ0v) is 7.78. The summed E-state index contributed by atoms with van der Waals surface area (Å²) in [5.74, 6) is -0.395. The summed E-state index contributed by atoms with van der Waals surface area (Å²) >= 11 is 0. The highest BCUT2D eigenvalue weighted by Crippen LogP contribution is 2.15. The smallest absolute Gasteiger partial charge is 0.304 e. The van der Waals surface area contributed by atoms with E-state index >= 15 is 0 Å². The van der Waals surface area contributed by atoms with Crippen LogP contribution >= 0.6 is 0 Å². The molecule has 76 valence electrons. The molecular formula is C9H17NO3. The average molecular weight is 187 g/mol. The normalized spacial score (nSPS) is 24.5. The van der Waals surface area contributed by atoms with Gasteiger partial charge in [-0.1, -0.05) is 0 Å². The predicted molar refractivity (Wildman–Crippen MR) is 48.5 cm³/mol. The van der Waals surface area contributed by atoms with Crippen molar-refractivity contribution < 1.29 is 15.0 Å². The Balaban J connectivity index is 2.21. The number of nitrogens with zero attached hydrogens (tertiary/aromatic N) is 1. The second kappa shape index (κ2) is 5.19. The minimum absolute atomic E-state index is 0.206. The van der Waals surface area contributed by atoms with Gasteiger partial charge < -0.3 is 15.1 Å². The predicted octanol–water partition coefficient (Wildman–Crippen LogP) is 0.165. The lowest BCUT2D eigenvalue weighted by molar-refractivity contribution is -0.137. The summed E-state index contributed by atoms with van der Waals surface area (Å²) in [5, 5.41) is 17.4. The summed E-state index contributed by atoms with van der Waals surface area (Å²) in [5.41, 5.74) is 0. The van der Waals surface area contributed by atoms with Crippen LogP contribution in [0.3, 0.4) is 0 Å². The summed E-state index contributed by atoms with van der Waals surface area (Å²) in [7, 11) is 0. The van der Waals surface area contributed by atoms with Crippen LogP contribution < -0.4 is 0 Å². The lowest BCUT2D eigenvalue weighted by Gasteiger charge is -2.31. The van der Waals surface area contributed by atoms with Gasteiger partial charge in [0.25, 0.3) is 0 Å². The van der Waals surface area contributed by atoms with E-state index in [2.05, 4.69) is 4.90 Å².